The molecule has 0 aromatic rings. The van der Waals surface area contributed by atoms with E-state index in [0.29, 0.717) is 0 Å². The number of hydrogen-bond donors (Lipinski definition) is 1. The third kappa shape index (κ3) is 4.40. The number of hydrogen-bond acceptors (Lipinski definition) is 1. The van der Waals surface area contributed by atoms with Crippen LogP contribution in [0.1, 0.15) is 33.6 Å². The van der Waals surface area contributed by atoms with Crippen molar-refractivity contribution in [2.75, 3.05) is 6.54 Å². The number of terminal acetylenes is 1. The van der Waals surface area contributed by atoms with Crippen molar-refractivity contribution < 1.29 is 0 Å². The van der Waals surface area contributed by atoms with E-state index in [1.54, 1.807) is 0 Å². The molecule has 0 saturated heterocycles. The summed E-state index contributed by atoms with van der Waals surface area (Å²) in [6, 6.07) is 0. The predicted molar refractivity (Wildman–Crippen MR) is 45.8 cm³/mol. The van der Waals surface area contributed by atoms with Crippen LogP contribution in [0, 0.1) is 12.3 Å². The smallest absolute Gasteiger partial charge is 0.0741 e. The Balaban J connectivity index is 3.40. The van der Waals surface area contributed by atoms with E-state index < -0.39 is 0 Å². The Morgan fingerprint density at radius 2 is 2.10 bits per heavy atom. The van der Waals surface area contributed by atoms with Gasteiger partial charge in [-0.05, 0) is 26.8 Å². The zero-order chi connectivity index (χ0) is 8.04. The fourth-order valence-corrected chi connectivity index (χ4v) is 0.629. The minimum atomic E-state index is -0.130. The van der Waals surface area contributed by atoms with Gasteiger partial charge in [0.2, 0.25) is 0 Å². The summed E-state index contributed by atoms with van der Waals surface area (Å²) in [7, 11) is 0. The lowest BCUT2D eigenvalue weighted by atomic mass is 10.1. The minimum Gasteiger partial charge on any atom is -0.302 e. The van der Waals surface area contributed by atoms with Gasteiger partial charge in [-0.15, -0.1) is 6.42 Å². The first-order valence-electron chi connectivity index (χ1n) is 3.85. The molecule has 0 bridgehead atoms. The molecule has 0 fully saturated rings. The molecule has 0 spiro atoms. The van der Waals surface area contributed by atoms with Crippen LogP contribution in [0.25, 0.3) is 0 Å². The molecule has 0 aromatic heterocycles. The van der Waals surface area contributed by atoms with Crippen LogP contribution in [-0.2, 0) is 0 Å². The molecule has 0 aromatic carbocycles. The largest absolute Gasteiger partial charge is 0.302 e. The summed E-state index contributed by atoms with van der Waals surface area (Å²) in [6.07, 6.45) is 7.69. The molecule has 0 rings (SSSR count). The molecule has 0 unspecified atom stereocenters. The summed E-state index contributed by atoms with van der Waals surface area (Å²) in [4.78, 5) is 0. The molecule has 0 aliphatic rings. The quantitative estimate of drug-likeness (QED) is 0.462. The first-order valence-corrected chi connectivity index (χ1v) is 3.85. The molecule has 0 amide bonds. The van der Waals surface area contributed by atoms with Crippen molar-refractivity contribution in [2.24, 2.45) is 0 Å². The Morgan fingerprint density at radius 1 is 1.50 bits per heavy atom. The second-order valence-corrected chi connectivity index (χ2v) is 3.05. The van der Waals surface area contributed by atoms with Gasteiger partial charge in [0.25, 0.3) is 0 Å². The zero-order valence-electron chi connectivity index (χ0n) is 7.20. The van der Waals surface area contributed by atoms with E-state index in [-0.39, 0.29) is 5.54 Å². The fourth-order valence-electron chi connectivity index (χ4n) is 0.629. The van der Waals surface area contributed by atoms with Crippen molar-refractivity contribution in [3.05, 3.63) is 0 Å². The van der Waals surface area contributed by atoms with E-state index in [9.17, 15) is 0 Å². The molecule has 10 heavy (non-hydrogen) atoms. The Morgan fingerprint density at radius 3 is 2.50 bits per heavy atom. The summed E-state index contributed by atoms with van der Waals surface area (Å²) in [6.45, 7) is 7.23. The van der Waals surface area contributed by atoms with Crippen molar-refractivity contribution in [3.8, 4) is 12.3 Å². The summed E-state index contributed by atoms with van der Waals surface area (Å²) in [5, 5.41) is 3.27. The van der Waals surface area contributed by atoms with E-state index in [4.69, 9.17) is 6.42 Å². The molecule has 0 radical (unpaired) electrons. The van der Waals surface area contributed by atoms with Gasteiger partial charge in [0.15, 0.2) is 0 Å². The van der Waals surface area contributed by atoms with E-state index in [2.05, 4.69) is 18.2 Å². The van der Waals surface area contributed by atoms with Gasteiger partial charge < -0.3 is 5.32 Å². The first kappa shape index (κ1) is 9.52. The van der Waals surface area contributed by atoms with Gasteiger partial charge in [0.1, 0.15) is 0 Å². The van der Waals surface area contributed by atoms with Gasteiger partial charge in [-0.2, -0.15) is 0 Å². The second-order valence-electron chi connectivity index (χ2n) is 3.05. The number of rotatable bonds is 4. The Bertz CT molecular complexity index is 119. The fraction of sp³-hybridized carbons (Fsp3) is 0.778. The lowest BCUT2D eigenvalue weighted by molar-refractivity contribution is 0.482. The van der Waals surface area contributed by atoms with Crippen LogP contribution in [0.15, 0.2) is 0 Å². The van der Waals surface area contributed by atoms with E-state index in [0.717, 1.165) is 6.54 Å². The van der Waals surface area contributed by atoms with Crippen LogP contribution in [-0.4, -0.2) is 12.1 Å². The topological polar surface area (TPSA) is 12.0 Å². The normalized spacial score (nSPS) is 11.0. The maximum absolute atomic E-state index is 5.28. The maximum Gasteiger partial charge on any atom is 0.0741 e. The van der Waals surface area contributed by atoms with Crippen LogP contribution < -0.4 is 5.32 Å². The van der Waals surface area contributed by atoms with E-state index >= 15 is 0 Å². The molecular weight excluding hydrogens is 122 g/mol. The van der Waals surface area contributed by atoms with Crippen molar-refractivity contribution in [2.45, 2.75) is 39.2 Å². The Hall–Kier alpha value is -0.480. The van der Waals surface area contributed by atoms with E-state index in [1.807, 2.05) is 13.8 Å². The van der Waals surface area contributed by atoms with Crippen molar-refractivity contribution >= 4 is 0 Å². The highest BCUT2D eigenvalue weighted by Gasteiger charge is 2.10. The lowest BCUT2D eigenvalue weighted by Crippen LogP contribution is -2.38. The summed E-state index contributed by atoms with van der Waals surface area (Å²) < 4.78 is 0. The molecule has 1 N–H and O–H groups in total. The summed E-state index contributed by atoms with van der Waals surface area (Å²) >= 11 is 0. The minimum absolute atomic E-state index is 0.130. The number of unbranched alkanes of at least 4 members (excludes halogenated alkanes) is 1. The van der Waals surface area contributed by atoms with Gasteiger partial charge >= 0.3 is 0 Å². The first-order chi connectivity index (χ1) is 4.62. The van der Waals surface area contributed by atoms with Crippen LogP contribution in [0.5, 0.6) is 0 Å². The molecule has 1 nitrogen and oxygen atoms in total. The van der Waals surface area contributed by atoms with Crippen LogP contribution >= 0.6 is 0 Å². The average molecular weight is 139 g/mol. The summed E-state index contributed by atoms with van der Waals surface area (Å²) in [5.41, 5.74) is -0.130. The van der Waals surface area contributed by atoms with Gasteiger partial charge in [-0.3, -0.25) is 0 Å². The van der Waals surface area contributed by atoms with Gasteiger partial charge in [0, 0.05) is 0 Å². The lowest BCUT2D eigenvalue weighted by Gasteiger charge is -2.18. The molecule has 1 heteroatoms. The summed E-state index contributed by atoms with van der Waals surface area (Å²) in [5.74, 6) is 2.69. The SMILES string of the molecule is C#CC(C)(C)NCCCC. The third-order valence-electron chi connectivity index (χ3n) is 1.46. The van der Waals surface area contributed by atoms with Gasteiger partial charge in [-0.1, -0.05) is 19.3 Å². The Labute approximate surface area is 64.2 Å². The zero-order valence-corrected chi connectivity index (χ0v) is 7.20. The van der Waals surface area contributed by atoms with Crippen LogP contribution in [0.4, 0.5) is 0 Å². The highest BCUT2D eigenvalue weighted by Crippen LogP contribution is 1.98. The molecular formula is C9H17N. The van der Waals surface area contributed by atoms with Crippen molar-refractivity contribution in [3.63, 3.8) is 0 Å². The average Bonchev–Trinajstić information content (AvgIpc) is 1.89. The van der Waals surface area contributed by atoms with Crippen molar-refractivity contribution in [1.29, 1.82) is 0 Å². The van der Waals surface area contributed by atoms with Crippen LogP contribution in [0.3, 0.4) is 0 Å². The molecule has 0 saturated carbocycles. The Kier molecular flexibility index (Phi) is 4.14. The van der Waals surface area contributed by atoms with Gasteiger partial charge in [-0.25, -0.2) is 0 Å². The predicted octanol–water partition coefficient (Wildman–Crippen LogP) is 1.79. The monoisotopic (exact) mass is 139 g/mol. The third-order valence-corrected chi connectivity index (χ3v) is 1.46. The van der Waals surface area contributed by atoms with Crippen LogP contribution in [0.2, 0.25) is 0 Å². The molecule has 0 heterocycles. The molecule has 58 valence electrons. The maximum atomic E-state index is 5.28. The van der Waals surface area contributed by atoms with E-state index in [1.165, 1.54) is 12.8 Å². The van der Waals surface area contributed by atoms with Gasteiger partial charge in [0.05, 0.1) is 5.54 Å². The highest BCUT2D eigenvalue weighted by molar-refractivity contribution is 5.07. The highest BCUT2D eigenvalue weighted by atomic mass is 14.9. The standard InChI is InChI=1S/C9H17N/c1-5-7-8-10-9(3,4)6-2/h2,10H,5,7-8H2,1,3-4H3. The molecule has 0 aliphatic carbocycles. The molecule has 0 aliphatic heterocycles. The number of nitrogens with one attached hydrogen (secondary N) is 1. The van der Waals surface area contributed by atoms with Crippen molar-refractivity contribution in [1.82, 2.24) is 5.32 Å². The molecule has 0 atom stereocenters. The second kappa shape index (κ2) is 4.35.